The Hall–Kier alpha value is -1.05. The lowest BCUT2D eigenvalue weighted by Gasteiger charge is -2.34. The number of nitrogens with zero attached hydrogens (tertiary/aromatic N) is 1. The molecule has 0 aliphatic heterocycles. The van der Waals surface area contributed by atoms with Gasteiger partial charge in [0.25, 0.3) is 0 Å². The maximum atomic E-state index is 4.02. The van der Waals surface area contributed by atoms with Crippen molar-refractivity contribution in [2.24, 2.45) is 5.41 Å². The molecule has 0 bridgehead atoms. The van der Waals surface area contributed by atoms with Crippen LogP contribution in [0.5, 0.6) is 0 Å². The first-order chi connectivity index (χ1) is 7.29. The quantitative estimate of drug-likeness (QED) is 0.815. The zero-order chi connectivity index (χ0) is 10.6. The molecule has 1 aromatic rings. The second kappa shape index (κ2) is 4.65. The first-order valence-corrected chi connectivity index (χ1v) is 5.92. The minimum atomic E-state index is 0.502. The van der Waals surface area contributed by atoms with Gasteiger partial charge in [0.2, 0.25) is 0 Å². The van der Waals surface area contributed by atoms with Crippen molar-refractivity contribution in [3.8, 4) is 0 Å². The molecule has 1 N–H and O–H groups in total. The molecule has 2 nitrogen and oxygen atoms in total. The minimum Gasteiger partial charge on any atom is -0.384 e. The van der Waals surface area contributed by atoms with Gasteiger partial charge in [-0.15, -0.1) is 0 Å². The molecule has 1 aliphatic carbocycles. The Morgan fingerprint density at radius 1 is 1.20 bits per heavy atom. The number of hydrogen-bond acceptors (Lipinski definition) is 2. The van der Waals surface area contributed by atoms with E-state index in [1.165, 1.54) is 37.8 Å². The predicted octanol–water partition coefficient (Wildman–Crippen LogP) is 3.46. The van der Waals surface area contributed by atoms with Gasteiger partial charge in [-0.3, -0.25) is 4.98 Å². The Labute approximate surface area is 92.1 Å². The van der Waals surface area contributed by atoms with Gasteiger partial charge in [0.1, 0.15) is 0 Å². The topological polar surface area (TPSA) is 24.9 Å². The smallest absolute Gasteiger partial charge is 0.0371 e. The standard InChI is InChI=1S/C13H20N2/c1-13(7-3-2-4-8-13)11-15-12-5-9-14-10-6-12/h5-6,9-10H,2-4,7-8,11H2,1H3,(H,14,15). The van der Waals surface area contributed by atoms with Crippen molar-refractivity contribution in [1.29, 1.82) is 0 Å². The van der Waals surface area contributed by atoms with E-state index in [0.717, 1.165) is 6.54 Å². The van der Waals surface area contributed by atoms with E-state index in [4.69, 9.17) is 0 Å². The second-order valence-corrected chi connectivity index (χ2v) is 4.96. The number of pyridine rings is 1. The fourth-order valence-corrected chi connectivity index (χ4v) is 2.37. The monoisotopic (exact) mass is 204 g/mol. The first-order valence-electron chi connectivity index (χ1n) is 5.92. The van der Waals surface area contributed by atoms with Crippen molar-refractivity contribution in [2.75, 3.05) is 11.9 Å². The van der Waals surface area contributed by atoms with E-state index in [1.54, 1.807) is 0 Å². The second-order valence-electron chi connectivity index (χ2n) is 4.96. The average molecular weight is 204 g/mol. The van der Waals surface area contributed by atoms with Crippen LogP contribution < -0.4 is 5.32 Å². The molecule has 2 heteroatoms. The SMILES string of the molecule is CC1(CNc2ccncc2)CCCCC1. The highest BCUT2D eigenvalue weighted by molar-refractivity contribution is 5.40. The molecule has 1 aromatic heterocycles. The van der Waals surface area contributed by atoms with Gasteiger partial charge >= 0.3 is 0 Å². The highest BCUT2D eigenvalue weighted by atomic mass is 14.9. The third kappa shape index (κ3) is 2.95. The van der Waals surface area contributed by atoms with E-state index in [1.807, 2.05) is 24.5 Å². The Morgan fingerprint density at radius 3 is 2.53 bits per heavy atom. The van der Waals surface area contributed by atoms with Crippen molar-refractivity contribution in [3.05, 3.63) is 24.5 Å². The summed E-state index contributed by atoms with van der Waals surface area (Å²) >= 11 is 0. The van der Waals surface area contributed by atoms with Crippen LogP contribution in [0.25, 0.3) is 0 Å². The summed E-state index contributed by atoms with van der Waals surface area (Å²) in [6, 6.07) is 4.07. The van der Waals surface area contributed by atoms with E-state index in [0.29, 0.717) is 5.41 Å². The van der Waals surface area contributed by atoms with Crippen LogP contribution in [0.4, 0.5) is 5.69 Å². The van der Waals surface area contributed by atoms with Crippen LogP contribution >= 0.6 is 0 Å². The van der Waals surface area contributed by atoms with Crippen molar-refractivity contribution >= 4 is 5.69 Å². The Bertz CT molecular complexity index is 289. The fraction of sp³-hybridized carbons (Fsp3) is 0.615. The summed E-state index contributed by atoms with van der Waals surface area (Å²) in [5.41, 5.74) is 1.69. The first kappa shape index (κ1) is 10.5. The summed E-state index contributed by atoms with van der Waals surface area (Å²) in [6.45, 7) is 3.50. The number of nitrogens with one attached hydrogen (secondary N) is 1. The fourth-order valence-electron chi connectivity index (χ4n) is 2.37. The number of hydrogen-bond donors (Lipinski definition) is 1. The van der Waals surface area contributed by atoms with Crippen LogP contribution in [0.2, 0.25) is 0 Å². The molecular formula is C13H20N2. The van der Waals surface area contributed by atoms with E-state index in [2.05, 4.69) is 17.2 Å². The van der Waals surface area contributed by atoms with Gasteiger partial charge in [0, 0.05) is 24.6 Å². The van der Waals surface area contributed by atoms with Crippen LogP contribution in [0, 0.1) is 5.41 Å². The van der Waals surface area contributed by atoms with Gasteiger partial charge in [-0.05, 0) is 30.4 Å². The van der Waals surface area contributed by atoms with Crippen LogP contribution in [-0.4, -0.2) is 11.5 Å². The molecule has 0 unspecified atom stereocenters. The molecule has 0 radical (unpaired) electrons. The van der Waals surface area contributed by atoms with E-state index in [9.17, 15) is 0 Å². The van der Waals surface area contributed by atoms with Crippen molar-refractivity contribution in [2.45, 2.75) is 39.0 Å². The molecule has 1 aliphatic rings. The third-order valence-electron chi connectivity index (χ3n) is 3.46. The number of aromatic nitrogens is 1. The molecule has 2 rings (SSSR count). The van der Waals surface area contributed by atoms with Crippen LogP contribution in [0.15, 0.2) is 24.5 Å². The third-order valence-corrected chi connectivity index (χ3v) is 3.46. The summed E-state index contributed by atoms with van der Waals surface area (Å²) in [5, 5.41) is 3.51. The Kier molecular flexibility index (Phi) is 3.24. The molecule has 1 heterocycles. The van der Waals surface area contributed by atoms with Gasteiger partial charge in [-0.25, -0.2) is 0 Å². The normalized spacial score (nSPS) is 19.8. The lowest BCUT2D eigenvalue weighted by Crippen LogP contribution is -2.28. The van der Waals surface area contributed by atoms with Crippen LogP contribution in [0.3, 0.4) is 0 Å². The van der Waals surface area contributed by atoms with Crippen LogP contribution in [-0.2, 0) is 0 Å². The van der Waals surface area contributed by atoms with E-state index >= 15 is 0 Å². The average Bonchev–Trinajstić information content (AvgIpc) is 2.29. The van der Waals surface area contributed by atoms with Crippen molar-refractivity contribution in [3.63, 3.8) is 0 Å². The summed E-state index contributed by atoms with van der Waals surface area (Å²) in [7, 11) is 0. The van der Waals surface area contributed by atoms with Gasteiger partial charge in [-0.1, -0.05) is 26.2 Å². The molecule has 1 saturated carbocycles. The van der Waals surface area contributed by atoms with Gasteiger partial charge in [-0.2, -0.15) is 0 Å². The summed E-state index contributed by atoms with van der Waals surface area (Å²) in [6.07, 6.45) is 10.6. The molecular weight excluding hydrogens is 184 g/mol. The predicted molar refractivity (Wildman–Crippen MR) is 63.9 cm³/mol. The molecule has 0 spiro atoms. The number of anilines is 1. The molecule has 82 valence electrons. The molecule has 15 heavy (non-hydrogen) atoms. The lowest BCUT2D eigenvalue weighted by atomic mass is 9.76. The summed E-state index contributed by atoms with van der Waals surface area (Å²) < 4.78 is 0. The minimum absolute atomic E-state index is 0.502. The van der Waals surface area contributed by atoms with Gasteiger partial charge in [0.15, 0.2) is 0 Å². The van der Waals surface area contributed by atoms with Crippen molar-refractivity contribution < 1.29 is 0 Å². The van der Waals surface area contributed by atoms with Gasteiger partial charge < -0.3 is 5.32 Å². The Morgan fingerprint density at radius 2 is 1.87 bits per heavy atom. The zero-order valence-electron chi connectivity index (χ0n) is 9.50. The largest absolute Gasteiger partial charge is 0.384 e. The lowest BCUT2D eigenvalue weighted by molar-refractivity contribution is 0.233. The summed E-state index contributed by atoms with van der Waals surface area (Å²) in [5.74, 6) is 0. The Balaban J connectivity index is 1.87. The van der Waals surface area contributed by atoms with Crippen molar-refractivity contribution in [1.82, 2.24) is 4.98 Å². The molecule has 0 amide bonds. The summed E-state index contributed by atoms with van der Waals surface area (Å²) in [4.78, 5) is 4.02. The molecule has 1 fully saturated rings. The maximum absolute atomic E-state index is 4.02. The van der Waals surface area contributed by atoms with Gasteiger partial charge in [0.05, 0.1) is 0 Å². The molecule has 0 saturated heterocycles. The maximum Gasteiger partial charge on any atom is 0.0371 e. The number of rotatable bonds is 3. The highest BCUT2D eigenvalue weighted by Crippen LogP contribution is 2.35. The van der Waals surface area contributed by atoms with E-state index in [-0.39, 0.29) is 0 Å². The highest BCUT2D eigenvalue weighted by Gasteiger charge is 2.26. The zero-order valence-corrected chi connectivity index (χ0v) is 9.50. The molecule has 0 aromatic carbocycles. The molecule has 0 atom stereocenters. The van der Waals surface area contributed by atoms with Crippen LogP contribution in [0.1, 0.15) is 39.0 Å². The van der Waals surface area contributed by atoms with E-state index < -0.39 is 0 Å².